The monoisotopic (exact) mass is 541 g/mol. The lowest BCUT2D eigenvalue weighted by molar-refractivity contribution is 0.0439. The molecule has 11 heteroatoms. The molecule has 1 aromatic heterocycles. The fourth-order valence-electron chi connectivity index (χ4n) is 4.82. The summed E-state index contributed by atoms with van der Waals surface area (Å²) in [5, 5.41) is 2.37. The van der Waals surface area contributed by atoms with E-state index in [1.807, 2.05) is 0 Å². The lowest BCUT2D eigenvalue weighted by atomic mass is 9.98. The molecule has 3 aromatic rings. The number of fused-ring (bicyclic) bond motifs is 2. The maximum Gasteiger partial charge on any atom is 0.263 e. The quantitative estimate of drug-likeness (QED) is 0.399. The van der Waals surface area contributed by atoms with Crippen molar-refractivity contribution < 1.29 is 17.5 Å². The molecule has 6 nitrogen and oxygen atoms in total. The molecule has 0 aliphatic carbocycles. The Kier molecular flexibility index (Phi) is 6.74. The largest absolute Gasteiger partial charge is 0.489 e. The highest BCUT2D eigenvalue weighted by molar-refractivity contribution is 7.92. The predicted octanol–water partition coefficient (Wildman–Crippen LogP) is 5.96. The van der Waals surface area contributed by atoms with Crippen LogP contribution < -0.4 is 9.46 Å². The molecule has 2 fully saturated rings. The number of thiazole rings is 1. The SMILES string of the molecule is O=S(=O)(Nc1cscn1)c1ccc(OC2C[C@H]3CC[C@@H](C2)N3Cc2cc(Cl)ccc2F)c(Cl)c1. The molecule has 34 heavy (non-hydrogen) atoms. The summed E-state index contributed by atoms with van der Waals surface area (Å²) in [6, 6.07) is 9.67. The van der Waals surface area contributed by atoms with Crippen molar-refractivity contribution in [3.05, 3.63) is 68.7 Å². The van der Waals surface area contributed by atoms with Crippen LogP contribution in [0.15, 0.2) is 52.2 Å². The number of piperidine rings is 1. The van der Waals surface area contributed by atoms with Crippen LogP contribution in [-0.2, 0) is 16.6 Å². The number of hydrogen-bond donors (Lipinski definition) is 1. The van der Waals surface area contributed by atoms with Gasteiger partial charge < -0.3 is 4.74 Å². The molecule has 5 rings (SSSR count). The number of ether oxygens (including phenoxy) is 1. The number of halogens is 3. The minimum atomic E-state index is -3.80. The number of anilines is 1. The first-order valence-electron chi connectivity index (χ1n) is 10.9. The van der Waals surface area contributed by atoms with Crippen molar-refractivity contribution >= 4 is 50.4 Å². The Labute approximate surface area is 211 Å². The molecule has 2 saturated heterocycles. The second kappa shape index (κ2) is 9.62. The van der Waals surface area contributed by atoms with E-state index in [1.54, 1.807) is 29.1 Å². The Morgan fingerprint density at radius 1 is 1.15 bits per heavy atom. The maximum atomic E-state index is 14.3. The Morgan fingerprint density at radius 3 is 2.59 bits per heavy atom. The van der Waals surface area contributed by atoms with Crippen molar-refractivity contribution in [1.82, 2.24) is 9.88 Å². The summed E-state index contributed by atoms with van der Waals surface area (Å²) in [7, 11) is -3.80. The van der Waals surface area contributed by atoms with E-state index >= 15 is 0 Å². The van der Waals surface area contributed by atoms with Crippen molar-refractivity contribution in [3.63, 3.8) is 0 Å². The van der Waals surface area contributed by atoms with Crippen LogP contribution in [0, 0.1) is 5.82 Å². The Hall–Kier alpha value is -1.91. The summed E-state index contributed by atoms with van der Waals surface area (Å²) in [5.41, 5.74) is 2.15. The Bertz CT molecular complexity index is 1280. The van der Waals surface area contributed by atoms with Crippen molar-refractivity contribution in [2.24, 2.45) is 0 Å². The zero-order valence-corrected chi connectivity index (χ0v) is 21.1. The van der Waals surface area contributed by atoms with Gasteiger partial charge in [0.1, 0.15) is 17.7 Å². The van der Waals surface area contributed by atoms with E-state index in [4.69, 9.17) is 27.9 Å². The number of benzene rings is 2. The molecule has 3 heterocycles. The van der Waals surface area contributed by atoms with E-state index in [-0.39, 0.29) is 39.7 Å². The Balaban J connectivity index is 1.25. The first-order chi connectivity index (χ1) is 16.3. The average Bonchev–Trinajstić information content (AvgIpc) is 3.37. The smallest absolute Gasteiger partial charge is 0.263 e. The molecule has 180 valence electrons. The van der Waals surface area contributed by atoms with Gasteiger partial charge >= 0.3 is 0 Å². The van der Waals surface area contributed by atoms with Crippen LogP contribution in [-0.4, -0.2) is 36.5 Å². The summed E-state index contributed by atoms with van der Waals surface area (Å²) in [6.07, 6.45) is 3.59. The molecular formula is C23H22Cl2FN3O3S2. The van der Waals surface area contributed by atoms with Crippen LogP contribution in [0.25, 0.3) is 0 Å². The van der Waals surface area contributed by atoms with Crippen LogP contribution in [0.4, 0.5) is 10.2 Å². The standard InChI is InChI=1S/C23H22Cl2FN3O3S2/c24-15-1-5-21(26)14(7-15)11-29-16-2-3-17(29)9-18(8-16)32-22-6-4-19(10-20(22)25)34(30,31)28-23-12-33-13-27-23/h1,4-7,10,12-13,16-18,28H,2-3,8-9,11H2/t16-,17+,18?. The van der Waals surface area contributed by atoms with Crippen molar-refractivity contribution in [2.45, 2.75) is 55.3 Å². The number of hydrogen-bond acceptors (Lipinski definition) is 6. The van der Waals surface area contributed by atoms with E-state index in [1.165, 1.54) is 29.5 Å². The van der Waals surface area contributed by atoms with Gasteiger partial charge in [-0.1, -0.05) is 23.2 Å². The van der Waals surface area contributed by atoms with Gasteiger partial charge in [0.2, 0.25) is 0 Å². The van der Waals surface area contributed by atoms with Gasteiger partial charge in [-0.3, -0.25) is 9.62 Å². The van der Waals surface area contributed by atoms with Crippen LogP contribution in [0.5, 0.6) is 5.75 Å². The van der Waals surface area contributed by atoms with Gasteiger partial charge in [-0.25, -0.2) is 17.8 Å². The molecule has 2 aliphatic heterocycles. The molecule has 3 atom stereocenters. The lowest BCUT2D eigenvalue weighted by Gasteiger charge is -2.39. The zero-order valence-electron chi connectivity index (χ0n) is 18.0. The fourth-order valence-corrected chi connectivity index (χ4v) is 6.89. The number of aromatic nitrogens is 1. The van der Waals surface area contributed by atoms with Gasteiger partial charge in [0, 0.05) is 34.6 Å². The van der Waals surface area contributed by atoms with E-state index in [0.29, 0.717) is 22.9 Å². The van der Waals surface area contributed by atoms with E-state index in [0.717, 1.165) is 25.7 Å². The molecule has 0 radical (unpaired) electrons. The maximum absolute atomic E-state index is 14.3. The molecule has 2 aromatic carbocycles. The number of nitrogens with one attached hydrogen (secondary N) is 1. The van der Waals surface area contributed by atoms with Gasteiger partial charge in [-0.05, 0) is 62.1 Å². The van der Waals surface area contributed by atoms with Crippen molar-refractivity contribution in [3.8, 4) is 5.75 Å². The van der Waals surface area contributed by atoms with Crippen LogP contribution >= 0.6 is 34.5 Å². The van der Waals surface area contributed by atoms with Crippen LogP contribution in [0.3, 0.4) is 0 Å². The molecule has 2 bridgehead atoms. The van der Waals surface area contributed by atoms with Gasteiger partial charge in [-0.2, -0.15) is 0 Å². The lowest BCUT2D eigenvalue weighted by Crippen LogP contribution is -2.45. The van der Waals surface area contributed by atoms with Gasteiger partial charge in [0.15, 0.2) is 5.82 Å². The topological polar surface area (TPSA) is 71.5 Å². The molecule has 2 aliphatic rings. The minimum absolute atomic E-state index is 0.0382. The third-order valence-corrected chi connectivity index (χ3v) is 8.85. The first-order valence-corrected chi connectivity index (χ1v) is 14.0. The third kappa shape index (κ3) is 5.04. The average molecular weight is 542 g/mol. The second-order valence-electron chi connectivity index (χ2n) is 8.58. The van der Waals surface area contributed by atoms with Gasteiger partial charge in [0.25, 0.3) is 10.0 Å². The summed E-state index contributed by atoms with van der Waals surface area (Å²) in [4.78, 5) is 6.33. The minimum Gasteiger partial charge on any atom is -0.489 e. The van der Waals surface area contributed by atoms with Crippen molar-refractivity contribution in [2.75, 3.05) is 4.72 Å². The molecule has 0 amide bonds. The van der Waals surface area contributed by atoms with E-state index < -0.39 is 10.0 Å². The van der Waals surface area contributed by atoms with Crippen molar-refractivity contribution in [1.29, 1.82) is 0 Å². The third-order valence-electron chi connectivity index (χ3n) is 6.38. The number of sulfonamides is 1. The summed E-state index contributed by atoms with van der Waals surface area (Å²) >= 11 is 13.8. The van der Waals surface area contributed by atoms with E-state index in [9.17, 15) is 12.8 Å². The second-order valence-corrected chi connectivity index (χ2v) is 11.8. The number of nitrogens with zero attached hydrogens (tertiary/aromatic N) is 2. The van der Waals surface area contributed by atoms with Crippen LogP contribution in [0.1, 0.15) is 31.2 Å². The molecule has 0 saturated carbocycles. The highest BCUT2D eigenvalue weighted by Crippen LogP contribution is 2.40. The fraction of sp³-hybridized carbons (Fsp3) is 0.348. The Morgan fingerprint density at radius 2 is 1.91 bits per heavy atom. The summed E-state index contributed by atoms with van der Waals surface area (Å²) in [6.45, 7) is 0.522. The number of rotatable bonds is 7. The first kappa shape index (κ1) is 23.8. The molecule has 0 spiro atoms. The summed E-state index contributed by atoms with van der Waals surface area (Å²) in [5.74, 6) is 0.475. The molecular weight excluding hydrogens is 520 g/mol. The highest BCUT2D eigenvalue weighted by Gasteiger charge is 2.41. The zero-order chi connectivity index (χ0) is 23.9. The van der Waals surface area contributed by atoms with Gasteiger partial charge in [0.05, 0.1) is 15.4 Å². The normalized spacial score (nSPS) is 22.6. The molecule has 1 N–H and O–H groups in total. The van der Waals surface area contributed by atoms with E-state index in [2.05, 4.69) is 14.6 Å². The highest BCUT2D eigenvalue weighted by atomic mass is 35.5. The molecule has 1 unspecified atom stereocenters. The summed E-state index contributed by atoms with van der Waals surface area (Å²) < 4.78 is 48.1. The van der Waals surface area contributed by atoms with Crippen LogP contribution in [0.2, 0.25) is 10.0 Å². The predicted molar refractivity (Wildman–Crippen MR) is 132 cm³/mol. The van der Waals surface area contributed by atoms with Gasteiger partial charge in [-0.15, -0.1) is 11.3 Å².